The number of carbonyl (C=O) groups excluding carboxylic acids is 1. The minimum Gasteiger partial charge on any atom is -0.455 e. The van der Waals surface area contributed by atoms with Crippen molar-refractivity contribution >= 4 is 5.97 Å². The number of esters is 1. The SMILES string of the molecule is Cc1ccc(C(=O)OCc2coc(-c3ccccc3)n2)cc1. The Morgan fingerprint density at radius 3 is 2.55 bits per heavy atom. The number of hydrogen-bond donors (Lipinski definition) is 0. The number of rotatable bonds is 4. The average molecular weight is 293 g/mol. The number of nitrogens with zero attached hydrogens (tertiary/aromatic N) is 1. The lowest BCUT2D eigenvalue weighted by molar-refractivity contribution is 0.0468. The molecule has 0 aliphatic rings. The Hall–Kier alpha value is -2.88. The molecule has 0 fully saturated rings. The van der Waals surface area contributed by atoms with Crippen LogP contribution in [0.25, 0.3) is 11.5 Å². The Labute approximate surface area is 128 Å². The molecule has 110 valence electrons. The van der Waals surface area contributed by atoms with Crippen LogP contribution in [0.15, 0.2) is 65.3 Å². The summed E-state index contributed by atoms with van der Waals surface area (Å²) in [6.07, 6.45) is 1.50. The summed E-state index contributed by atoms with van der Waals surface area (Å²) in [5, 5.41) is 0. The van der Waals surface area contributed by atoms with Gasteiger partial charge in [0.05, 0.1) is 5.56 Å². The molecule has 1 aromatic heterocycles. The predicted molar refractivity (Wildman–Crippen MR) is 82.2 cm³/mol. The zero-order valence-electron chi connectivity index (χ0n) is 12.2. The van der Waals surface area contributed by atoms with E-state index in [1.807, 2.05) is 49.4 Å². The fourth-order valence-electron chi connectivity index (χ4n) is 2.00. The lowest BCUT2D eigenvalue weighted by Gasteiger charge is -2.02. The quantitative estimate of drug-likeness (QED) is 0.682. The van der Waals surface area contributed by atoms with E-state index in [1.54, 1.807) is 12.1 Å². The average Bonchev–Trinajstić information content (AvgIpc) is 3.03. The van der Waals surface area contributed by atoms with E-state index in [0.717, 1.165) is 11.1 Å². The molecule has 3 aromatic rings. The van der Waals surface area contributed by atoms with Crippen molar-refractivity contribution in [3.05, 3.63) is 77.7 Å². The summed E-state index contributed by atoms with van der Waals surface area (Å²) < 4.78 is 10.6. The van der Waals surface area contributed by atoms with E-state index < -0.39 is 0 Å². The van der Waals surface area contributed by atoms with Gasteiger partial charge in [-0.2, -0.15) is 0 Å². The summed E-state index contributed by atoms with van der Waals surface area (Å²) in [4.78, 5) is 16.2. The third-order valence-electron chi connectivity index (χ3n) is 3.21. The minimum atomic E-state index is -0.371. The zero-order chi connectivity index (χ0) is 15.4. The molecule has 0 saturated carbocycles. The number of aryl methyl sites for hydroxylation is 1. The van der Waals surface area contributed by atoms with E-state index in [4.69, 9.17) is 9.15 Å². The number of hydrogen-bond acceptors (Lipinski definition) is 4. The van der Waals surface area contributed by atoms with Gasteiger partial charge in [0.15, 0.2) is 0 Å². The summed E-state index contributed by atoms with van der Waals surface area (Å²) in [5.74, 6) is 0.145. The van der Waals surface area contributed by atoms with Gasteiger partial charge in [-0.25, -0.2) is 9.78 Å². The largest absolute Gasteiger partial charge is 0.455 e. The maximum atomic E-state index is 11.9. The molecule has 0 aliphatic heterocycles. The summed E-state index contributed by atoms with van der Waals surface area (Å²) in [5.41, 5.74) is 3.09. The van der Waals surface area contributed by atoms with E-state index in [-0.39, 0.29) is 12.6 Å². The summed E-state index contributed by atoms with van der Waals surface area (Å²) >= 11 is 0. The second kappa shape index (κ2) is 6.26. The lowest BCUT2D eigenvalue weighted by Crippen LogP contribution is -2.05. The molecule has 0 radical (unpaired) electrons. The van der Waals surface area contributed by atoms with Crippen LogP contribution in [0.5, 0.6) is 0 Å². The highest BCUT2D eigenvalue weighted by Crippen LogP contribution is 2.18. The molecule has 2 aromatic carbocycles. The molecule has 0 bridgehead atoms. The van der Waals surface area contributed by atoms with E-state index in [9.17, 15) is 4.79 Å². The topological polar surface area (TPSA) is 52.3 Å². The first-order chi connectivity index (χ1) is 10.7. The molecule has 0 unspecified atom stereocenters. The van der Waals surface area contributed by atoms with Crippen molar-refractivity contribution < 1.29 is 13.9 Å². The van der Waals surface area contributed by atoms with Crippen LogP contribution in [0.1, 0.15) is 21.6 Å². The van der Waals surface area contributed by atoms with Gasteiger partial charge in [-0.1, -0.05) is 35.9 Å². The van der Waals surface area contributed by atoms with Crippen molar-refractivity contribution in [3.63, 3.8) is 0 Å². The summed E-state index contributed by atoms with van der Waals surface area (Å²) in [6, 6.07) is 16.8. The highest BCUT2D eigenvalue weighted by atomic mass is 16.5. The standard InChI is InChI=1S/C18H15NO3/c1-13-7-9-15(10-8-13)18(20)22-12-16-11-21-17(19-16)14-5-3-2-4-6-14/h2-11H,12H2,1H3. The molecule has 0 amide bonds. The van der Waals surface area contributed by atoms with Crippen LogP contribution in [0, 0.1) is 6.92 Å². The van der Waals surface area contributed by atoms with Gasteiger partial charge in [-0.05, 0) is 31.2 Å². The number of carbonyl (C=O) groups is 1. The van der Waals surface area contributed by atoms with Gasteiger partial charge in [0, 0.05) is 5.56 Å². The first kappa shape index (κ1) is 14.1. The predicted octanol–water partition coefficient (Wildman–Crippen LogP) is 4.01. The second-order valence-electron chi connectivity index (χ2n) is 4.95. The molecule has 22 heavy (non-hydrogen) atoms. The van der Waals surface area contributed by atoms with Crippen LogP contribution in [0.2, 0.25) is 0 Å². The Balaban J connectivity index is 1.64. The van der Waals surface area contributed by atoms with Gasteiger partial charge in [-0.15, -0.1) is 0 Å². The van der Waals surface area contributed by atoms with Crippen LogP contribution in [0.3, 0.4) is 0 Å². The fraction of sp³-hybridized carbons (Fsp3) is 0.111. The molecule has 0 saturated heterocycles. The normalized spacial score (nSPS) is 10.4. The molecular weight excluding hydrogens is 278 g/mol. The molecule has 4 nitrogen and oxygen atoms in total. The highest BCUT2D eigenvalue weighted by molar-refractivity contribution is 5.89. The van der Waals surface area contributed by atoms with Crippen molar-refractivity contribution in [1.82, 2.24) is 4.98 Å². The molecule has 3 rings (SSSR count). The van der Waals surface area contributed by atoms with Crippen LogP contribution < -0.4 is 0 Å². The Morgan fingerprint density at radius 2 is 1.82 bits per heavy atom. The van der Waals surface area contributed by atoms with Crippen molar-refractivity contribution in [1.29, 1.82) is 0 Å². The maximum Gasteiger partial charge on any atom is 0.338 e. The van der Waals surface area contributed by atoms with Crippen molar-refractivity contribution in [2.75, 3.05) is 0 Å². The van der Waals surface area contributed by atoms with Gasteiger partial charge >= 0.3 is 5.97 Å². The van der Waals surface area contributed by atoms with Gasteiger partial charge < -0.3 is 9.15 Å². The zero-order valence-corrected chi connectivity index (χ0v) is 12.2. The number of aromatic nitrogens is 1. The summed E-state index contributed by atoms with van der Waals surface area (Å²) in [6.45, 7) is 2.05. The third-order valence-corrected chi connectivity index (χ3v) is 3.21. The summed E-state index contributed by atoms with van der Waals surface area (Å²) in [7, 11) is 0. The van der Waals surface area contributed by atoms with Gasteiger partial charge in [-0.3, -0.25) is 0 Å². The van der Waals surface area contributed by atoms with Crippen LogP contribution in [-0.4, -0.2) is 11.0 Å². The molecule has 0 atom stereocenters. The highest BCUT2D eigenvalue weighted by Gasteiger charge is 2.10. The van der Waals surface area contributed by atoms with Crippen molar-refractivity contribution in [2.45, 2.75) is 13.5 Å². The fourth-order valence-corrected chi connectivity index (χ4v) is 2.00. The van der Waals surface area contributed by atoms with E-state index in [1.165, 1.54) is 6.26 Å². The Kier molecular flexibility index (Phi) is 4.01. The van der Waals surface area contributed by atoms with Gasteiger partial charge in [0.1, 0.15) is 18.6 Å². The lowest BCUT2D eigenvalue weighted by atomic mass is 10.1. The number of benzene rings is 2. The Bertz CT molecular complexity index is 761. The van der Waals surface area contributed by atoms with E-state index in [0.29, 0.717) is 17.1 Å². The van der Waals surface area contributed by atoms with Gasteiger partial charge in [0.25, 0.3) is 0 Å². The van der Waals surface area contributed by atoms with Crippen LogP contribution in [0.4, 0.5) is 0 Å². The first-order valence-electron chi connectivity index (χ1n) is 6.96. The molecule has 0 aliphatic carbocycles. The van der Waals surface area contributed by atoms with Crippen LogP contribution in [-0.2, 0) is 11.3 Å². The van der Waals surface area contributed by atoms with Crippen LogP contribution >= 0.6 is 0 Å². The third kappa shape index (κ3) is 3.23. The van der Waals surface area contributed by atoms with Crippen molar-refractivity contribution in [2.24, 2.45) is 0 Å². The van der Waals surface area contributed by atoms with E-state index >= 15 is 0 Å². The number of oxazole rings is 1. The second-order valence-corrected chi connectivity index (χ2v) is 4.95. The molecule has 0 N–H and O–H groups in total. The molecule has 0 spiro atoms. The first-order valence-corrected chi connectivity index (χ1v) is 6.96. The van der Waals surface area contributed by atoms with Crippen molar-refractivity contribution in [3.8, 4) is 11.5 Å². The van der Waals surface area contributed by atoms with E-state index in [2.05, 4.69) is 4.98 Å². The van der Waals surface area contributed by atoms with Gasteiger partial charge in [0.2, 0.25) is 5.89 Å². The molecule has 4 heteroatoms. The minimum absolute atomic E-state index is 0.0864. The monoisotopic (exact) mass is 293 g/mol. The molecule has 1 heterocycles. The maximum absolute atomic E-state index is 11.9. The Morgan fingerprint density at radius 1 is 1.09 bits per heavy atom. The molecular formula is C18H15NO3. The number of ether oxygens (including phenoxy) is 1. The smallest absolute Gasteiger partial charge is 0.338 e.